The van der Waals surface area contributed by atoms with Gasteiger partial charge in [0.05, 0.1) is 0 Å². The molecule has 0 aromatic heterocycles. The molecule has 5 heteroatoms. The lowest BCUT2D eigenvalue weighted by molar-refractivity contribution is -0.185. The molecule has 0 aromatic carbocycles. The second-order valence-electron chi connectivity index (χ2n) is 3.47. The SMILES string of the molecule is CC(C)(O)O.OC1CCCOC1O. The van der Waals surface area contributed by atoms with Crippen LogP contribution in [0.3, 0.4) is 0 Å². The maximum Gasteiger partial charge on any atom is 0.180 e. The van der Waals surface area contributed by atoms with Gasteiger partial charge in [0, 0.05) is 6.61 Å². The van der Waals surface area contributed by atoms with Crippen LogP contribution < -0.4 is 0 Å². The molecule has 1 fully saturated rings. The lowest BCUT2D eigenvalue weighted by Crippen LogP contribution is -2.33. The van der Waals surface area contributed by atoms with Crippen molar-refractivity contribution in [3.05, 3.63) is 0 Å². The molecular formula is C8H18O5. The van der Waals surface area contributed by atoms with Gasteiger partial charge in [0.1, 0.15) is 6.10 Å². The zero-order valence-corrected chi connectivity index (χ0v) is 7.97. The first-order valence-corrected chi connectivity index (χ1v) is 4.23. The van der Waals surface area contributed by atoms with Gasteiger partial charge in [-0.1, -0.05) is 0 Å². The van der Waals surface area contributed by atoms with Crippen molar-refractivity contribution < 1.29 is 25.2 Å². The predicted octanol–water partition coefficient (Wildman–Crippen LogP) is -0.817. The maximum atomic E-state index is 8.80. The Morgan fingerprint density at radius 2 is 1.69 bits per heavy atom. The number of hydrogen-bond donors (Lipinski definition) is 4. The van der Waals surface area contributed by atoms with E-state index in [2.05, 4.69) is 0 Å². The molecule has 0 saturated carbocycles. The Labute approximate surface area is 77.6 Å². The highest BCUT2D eigenvalue weighted by Gasteiger charge is 2.20. The van der Waals surface area contributed by atoms with Gasteiger partial charge in [-0.15, -0.1) is 0 Å². The Balaban J connectivity index is 0.000000252. The molecule has 0 amide bonds. The minimum absolute atomic E-state index is 0.568. The van der Waals surface area contributed by atoms with Crippen molar-refractivity contribution in [2.24, 2.45) is 0 Å². The molecule has 1 rings (SSSR count). The van der Waals surface area contributed by atoms with E-state index in [0.717, 1.165) is 6.42 Å². The highest BCUT2D eigenvalue weighted by atomic mass is 16.6. The van der Waals surface area contributed by atoms with Crippen LogP contribution in [0.1, 0.15) is 26.7 Å². The van der Waals surface area contributed by atoms with Crippen LogP contribution >= 0.6 is 0 Å². The summed E-state index contributed by atoms with van der Waals surface area (Å²) in [6.07, 6.45) is -0.105. The quantitative estimate of drug-likeness (QED) is 0.378. The summed E-state index contributed by atoms with van der Waals surface area (Å²) in [7, 11) is 0. The van der Waals surface area contributed by atoms with Crippen LogP contribution in [0, 0.1) is 0 Å². The molecule has 5 nitrogen and oxygen atoms in total. The van der Waals surface area contributed by atoms with E-state index in [1.165, 1.54) is 13.8 Å². The summed E-state index contributed by atoms with van der Waals surface area (Å²) in [5, 5.41) is 33.7. The van der Waals surface area contributed by atoms with E-state index >= 15 is 0 Å². The van der Waals surface area contributed by atoms with Crippen LogP contribution in [0.5, 0.6) is 0 Å². The lowest BCUT2D eigenvalue weighted by Gasteiger charge is -2.22. The Morgan fingerprint density at radius 1 is 1.23 bits per heavy atom. The van der Waals surface area contributed by atoms with Gasteiger partial charge in [-0.05, 0) is 26.7 Å². The van der Waals surface area contributed by atoms with Crippen molar-refractivity contribution >= 4 is 0 Å². The van der Waals surface area contributed by atoms with Crippen LogP contribution in [-0.2, 0) is 4.74 Å². The summed E-state index contributed by atoms with van der Waals surface area (Å²) in [5.41, 5.74) is 0. The van der Waals surface area contributed by atoms with Gasteiger partial charge in [-0.25, -0.2) is 0 Å². The minimum Gasteiger partial charge on any atom is -0.388 e. The van der Waals surface area contributed by atoms with Gasteiger partial charge in [-0.3, -0.25) is 0 Å². The third kappa shape index (κ3) is 9.72. The fraction of sp³-hybridized carbons (Fsp3) is 1.00. The summed E-state index contributed by atoms with van der Waals surface area (Å²) in [6.45, 7) is 3.16. The van der Waals surface area contributed by atoms with Crippen LogP contribution in [-0.4, -0.2) is 45.2 Å². The number of aliphatic hydroxyl groups excluding tert-OH is 2. The smallest absolute Gasteiger partial charge is 0.180 e. The van der Waals surface area contributed by atoms with E-state index in [4.69, 9.17) is 25.2 Å². The average molecular weight is 194 g/mol. The average Bonchev–Trinajstić information content (AvgIpc) is 1.92. The van der Waals surface area contributed by atoms with Crippen molar-refractivity contribution in [1.82, 2.24) is 0 Å². The molecule has 0 aromatic rings. The van der Waals surface area contributed by atoms with Crippen molar-refractivity contribution in [1.29, 1.82) is 0 Å². The normalized spacial score (nSPS) is 29.1. The first kappa shape index (κ1) is 12.8. The summed E-state index contributed by atoms with van der Waals surface area (Å²) >= 11 is 0. The van der Waals surface area contributed by atoms with E-state index in [1.807, 2.05) is 0 Å². The van der Waals surface area contributed by atoms with Gasteiger partial charge >= 0.3 is 0 Å². The maximum absolute atomic E-state index is 8.80. The summed E-state index contributed by atoms with van der Waals surface area (Å²) < 4.78 is 4.70. The van der Waals surface area contributed by atoms with Gasteiger partial charge in [0.25, 0.3) is 0 Å². The molecule has 0 spiro atoms. The van der Waals surface area contributed by atoms with Crippen LogP contribution in [0.4, 0.5) is 0 Å². The molecule has 1 aliphatic rings. The second kappa shape index (κ2) is 5.51. The first-order chi connectivity index (χ1) is 5.80. The van der Waals surface area contributed by atoms with Crippen molar-refractivity contribution in [3.8, 4) is 0 Å². The zero-order valence-electron chi connectivity index (χ0n) is 7.97. The van der Waals surface area contributed by atoms with Crippen molar-refractivity contribution in [2.75, 3.05) is 6.61 Å². The fourth-order valence-electron chi connectivity index (χ4n) is 0.750. The molecule has 13 heavy (non-hydrogen) atoms. The molecule has 0 aliphatic carbocycles. The Hall–Kier alpha value is -0.200. The van der Waals surface area contributed by atoms with Crippen molar-refractivity contribution in [3.63, 3.8) is 0 Å². The fourth-order valence-corrected chi connectivity index (χ4v) is 0.750. The monoisotopic (exact) mass is 194 g/mol. The highest BCUT2D eigenvalue weighted by Crippen LogP contribution is 2.10. The van der Waals surface area contributed by atoms with E-state index in [9.17, 15) is 0 Å². The van der Waals surface area contributed by atoms with E-state index in [1.54, 1.807) is 0 Å². The number of ether oxygens (including phenoxy) is 1. The minimum atomic E-state index is -1.50. The summed E-state index contributed by atoms with van der Waals surface area (Å²) in [5.74, 6) is -1.50. The molecular weight excluding hydrogens is 176 g/mol. The Kier molecular flexibility index (Phi) is 5.43. The molecule has 1 aliphatic heterocycles. The second-order valence-corrected chi connectivity index (χ2v) is 3.47. The van der Waals surface area contributed by atoms with Gasteiger partial charge in [-0.2, -0.15) is 0 Å². The lowest BCUT2D eigenvalue weighted by atomic mass is 10.1. The van der Waals surface area contributed by atoms with Gasteiger partial charge in [0.15, 0.2) is 12.1 Å². The van der Waals surface area contributed by atoms with Gasteiger partial charge < -0.3 is 25.2 Å². The Morgan fingerprint density at radius 3 is 1.92 bits per heavy atom. The number of aliphatic hydroxyl groups is 4. The zero-order chi connectivity index (χ0) is 10.5. The topological polar surface area (TPSA) is 90.2 Å². The summed E-state index contributed by atoms with van der Waals surface area (Å²) in [6, 6.07) is 0. The largest absolute Gasteiger partial charge is 0.388 e. The van der Waals surface area contributed by atoms with E-state index < -0.39 is 18.2 Å². The Bertz CT molecular complexity index is 115. The number of hydrogen-bond acceptors (Lipinski definition) is 5. The number of rotatable bonds is 0. The van der Waals surface area contributed by atoms with Crippen LogP contribution in [0.2, 0.25) is 0 Å². The predicted molar refractivity (Wildman–Crippen MR) is 45.7 cm³/mol. The van der Waals surface area contributed by atoms with E-state index in [0.29, 0.717) is 13.0 Å². The third-order valence-electron chi connectivity index (χ3n) is 1.26. The molecule has 2 unspecified atom stereocenters. The van der Waals surface area contributed by atoms with Crippen LogP contribution in [0.25, 0.3) is 0 Å². The molecule has 1 saturated heterocycles. The molecule has 1 heterocycles. The standard InChI is InChI=1S/C5H10O3.C3H8O2/c6-4-2-1-3-8-5(4)7;1-3(2,4)5/h4-7H,1-3H2;4-5H,1-2H3. The summed E-state index contributed by atoms with van der Waals surface area (Å²) in [4.78, 5) is 0. The van der Waals surface area contributed by atoms with Crippen LogP contribution in [0.15, 0.2) is 0 Å². The molecule has 2 atom stereocenters. The molecule has 4 N–H and O–H groups in total. The third-order valence-corrected chi connectivity index (χ3v) is 1.26. The first-order valence-electron chi connectivity index (χ1n) is 4.23. The van der Waals surface area contributed by atoms with E-state index in [-0.39, 0.29) is 0 Å². The van der Waals surface area contributed by atoms with Gasteiger partial charge in [0.2, 0.25) is 0 Å². The molecule has 80 valence electrons. The molecule has 0 radical (unpaired) electrons. The highest BCUT2D eigenvalue weighted by molar-refractivity contribution is 4.62. The molecule has 0 bridgehead atoms. The van der Waals surface area contributed by atoms with Crippen molar-refractivity contribution in [2.45, 2.75) is 44.9 Å².